The van der Waals surface area contributed by atoms with Crippen LogP contribution < -0.4 is 5.73 Å². The molecule has 0 aromatic heterocycles. The number of fused-ring (bicyclic) bond motifs is 1. The number of hydrogen-bond donors (Lipinski definition) is 3. The number of phenolic OH excluding ortho intramolecular Hbond substituents is 1. The zero-order valence-corrected chi connectivity index (χ0v) is 9.82. The summed E-state index contributed by atoms with van der Waals surface area (Å²) in [6.45, 7) is 1.68. The Labute approximate surface area is 98.2 Å². The molecule has 0 radical (unpaired) electrons. The Hall–Kier alpha value is -1.79. The molecule has 0 atom stereocenters. The second kappa shape index (κ2) is 3.61. The number of aryl methyl sites for hydroxylation is 1. The lowest BCUT2D eigenvalue weighted by Gasteiger charge is -2.11. The van der Waals surface area contributed by atoms with Gasteiger partial charge >= 0.3 is 0 Å². The van der Waals surface area contributed by atoms with Crippen molar-refractivity contribution >= 4 is 26.6 Å². The number of hydrogen-bond acceptors (Lipinski definition) is 4. The molecule has 2 aromatic carbocycles. The zero-order chi connectivity index (χ0) is 12.8. The molecule has 0 spiro atoms. The van der Waals surface area contributed by atoms with Gasteiger partial charge in [-0.25, -0.2) is 0 Å². The quantitative estimate of drug-likeness (QED) is 0.530. The molecule has 2 aromatic rings. The van der Waals surface area contributed by atoms with Gasteiger partial charge in [0.1, 0.15) is 10.6 Å². The molecule has 2 rings (SSSR count). The van der Waals surface area contributed by atoms with Crippen LogP contribution in [0.3, 0.4) is 0 Å². The zero-order valence-electron chi connectivity index (χ0n) is 9.01. The van der Waals surface area contributed by atoms with Crippen LogP contribution in [0.1, 0.15) is 5.56 Å². The summed E-state index contributed by atoms with van der Waals surface area (Å²) < 4.78 is 31.4. The maximum absolute atomic E-state index is 11.2. The van der Waals surface area contributed by atoms with E-state index in [1.54, 1.807) is 19.1 Å². The van der Waals surface area contributed by atoms with E-state index >= 15 is 0 Å². The number of nitrogen functional groups attached to an aromatic ring is 1. The van der Waals surface area contributed by atoms with E-state index in [1.807, 2.05) is 0 Å². The number of benzene rings is 2. The monoisotopic (exact) mass is 253 g/mol. The van der Waals surface area contributed by atoms with Crippen LogP contribution in [-0.4, -0.2) is 18.1 Å². The van der Waals surface area contributed by atoms with Gasteiger partial charge in [-0.3, -0.25) is 4.55 Å². The molecular formula is C11H11NO4S. The van der Waals surface area contributed by atoms with Gasteiger partial charge in [-0.2, -0.15) is 8.42 Å². The van der Waals surface area contributed by atoms with E-state index < -0.39 is 10.1 Å². The van der Waals surface area contributed by atoms with Gasteiger partial charge in [0.05, 0.1) is 5.69 Å². The molecule has 6 heteroatoms. The molecular weight excluding hydrogens is 242 g/mol. The third-order valence-corrected chi connectivity index (χ3v) is 3.52. The molecule has 5 nitrogen and oxygen atoms in total. The smallest absolute Gasteiger partial charge is 0.296 e. The summed E-state index contributed by atoms with van der Waals surface area (Å²) in [5.41, 5.74) is 6.14. The third-order valence-electron chi connectivity index (χ3n) is 2.63. The molecule has 0 saturated heterocycles. The van der Waals surface area contributed by atoms with E-state index in [4.69, 9.17) is 10.3 Å². The van der Waals surface area contributed by atoms with Crippen LogP contribution in [0.4, 0.5) is 5.69 Å². The third kappa shape index (κ3) is 1.81. The summed E-state index contributed by atoms with van der Waals surface area (Å²) in [5.74, 6) is -0.117. The Morgan fingerprint density at radius 2 is 1.94 bits per heavy atom. The highest BCUT2D eigenvalue weighted by Gasteiger charge is 2.19. The summed E-state index contributed by atoms with van der Waals surface area (Å²) in [4.78, 5) is -0.385. The fourth-order valence-electron chi connectivity index (χ4n) is 1.84. The molecule has 4 N–H and O–H groups in total. The molecule has 0 fully saturated rings. The van der Waals surface area contributed by atoms with Gasteiger partial charge in [0, 0.05) is 5.39 Å². The standard InChI is InChI=1S/C11H11NO4S/c1-6-5-9(17(14,15)16)11(12)10-7(6)3-2-4-8(10)13/h2-5,13H,12H2,1H3,(H,14,15,16). The Balaban J connectivity index is 3.04. The maximum Gasteiger partial charge on any atom is 0.296 e. The predicted octanol–water partition coefficient (Wildman–Crippen LogP) is 1.68. The van der Waals surface area contributed by atoms with Gasteiger partial charge in [-0.1, -0.05) is 12.1 Å². The average molecular weight is 253 g/mol. The molecule has 0 aliphatic heterocycles. The van der Waals surface area contributed by atoms with Gasteiger partial charge < -0.3 is 10.8 Å². The van der Waals surface area contributed by atoms with Crippen LogP contribution >= 0.6 is 0 Å². The molecule has 0 bridgehead atoms. The van der Waals surface area contributed by atoms with Crippen molar-refractivity contribution in [2.75, 3.05) is 5.73 Å². The van der Waals surface area contributed by atoms with Crippen molar-refractivity contribution < 1.29 is 18.1 Å². The molecule has 0 heterocycles. The maximum atomic E-state index is 11.2. The Kier molecular flexibility index (Phi) is 2.48. The summed E-state index contributed by atoms with van der Waals surface area (Å²) in [5, 5.41) is 10.6. The second-order valence-electron chi connectivity index (χ2n) is 3.78. The SMILES string of the molecule is Cc1cc(S(=O)(=O)O)c(N)c2c(O)cccc12. The van der Waals surface area contributed by atoms with Crippen LogP contribution in [0.25, 0.3) is 10.8 Å². The van der Waals surface area contributed by atoms with Crippen LogP contribution in [-0.2, 0) is 10.1 Å². The van der Waals surface area contributed by atoms with Gasteiger partial charge in [-0.15, -0.1) is 0 Å². The molecule has 0 amide bonds. The Morgan fingerprint density at radius 1 is 1.29 bits per heavy atom. The Morgan fingerprint density at radius 3 is 2.53 bits per heavy atom. The van der Waals surface area contributed by atoms with E-state index in [0.717, 1.165) is 0 Å². The van der Waals surface area contributed by atoms with Crippen LogP contribution in [0, 0.1) is 6.92 Å². The van der Waals surface area contributed by atoms with Gasteiger partial charge in [0.25, 0.3) is 10.1 Å². The molecule has 0 aliphatic carbocycles. The first kappa shape index (κ1) is 11.7. The molecule has 0 aliphatic rings. The molecule has 0 unspecified atom stereocenters. The summed E-state index contributed by atoms with van der Waals surface area (Å²) in [6, 6.07) is 6.05. The Bertz CT molecular complexity index is 707. The number of anilines is 1. The van der Waals surface area contributed by atoms with E-state index in [9.17, 15) is 13.5 Å². The van der Waals surface area contributed by atoms with Crippen LogP contribution in [0.2, 0.25) is 0 Å². The van der Waals surface area contributed by atoms with Crippen molar-refractivity contribution in [3.8, 4) is 5.75 Å². The van der Waals surface area contributed by atoms with Gasteiger partial charge in [0.2, 0.25) is 0 Å². The van der Waals surface area contributed by atoms with Gasteiger partial charge in [0.15, 0.2) is 0 Å². The lowest BCUT2D eigenvalue weighted by Crippen LogP contribution is -2.04. The van der Waals surface area contributed by atoms with E-state index in [1.165, 1.54) is 12.1 Å². The first-order chi connectivity index (χ1) is 7.82. The number of nitrogens with two attached hydrogens (primary N) is 1. The van der Waals surface area contributed by atoms with Crippen molar-refractivity contribution in [2.45, 2.75) is 11.8 Å². The number of rotatable bonds is 1. The summed E-state index contributed by atoms with van der Waals surface area (Å²) in [6.07, 6.45) is 0. The summed E-state index contributed by atoms with van der Waals surface area (Å²) >= 11 is 0. The number of aromatic hydroxyl groups is 1. The van der Waals surface area contributed by atoms with Crippen molar-refractivity contribution in [1.29, 1.82) is 0 Å². The highest BCUT2D eigenvalue weighted by molar-refractivity contribution is 7.86. The van der Waals surface area contributed by atoms with E-state index in [-0.39, 0.29) is 21.7 Å². The molecule has 0 saturated carbocycles. The first-order valence-corrected chi connectivity index (χ1v) is 6.24. The highest BCUT2D eigenvalue weighted by Crippen LogP contribution is 2.36. The fraction of sp³-hybridized carbons (Fsp3) is 0.0909. The first-order valence-electron chi connectivity index (χ1n) is 4.80. The molecule has 17 heavy (non-hydrogen) atoms. The average Bonchev–Trinajstić information content (AvgIpc) is 2.21. The van der Waals surface area contributed by atoms with Crippen molar-refractivity contribution in [2.24, 2.45) is 0 Å². The lowest BCUT2D eigenvalue weighted by atomic mass is 10.0. The second-order valence-corrected chi connectivity index (χ2v) is 5.17. The lowest BCUT2D eigenvalue weighted by molar-refractivity contribution is 0.481. The van der Waals surface area contributed by atoms with E-state index in [2.05, 4.69) is 0 Å². The van der Waals surface area contributed by atoms with Crippen molar-refractivity contribution in [1.82, 2.24) is 0 Å². The largest absolute Gasteiger partial charge is 0.507 e. The van der Waals surface area contributed by atoms with Crippen LogP contribution in [0.15, 0.2) is 29.2 Å². The predicted molar refractivity (Wildman–Crippen MR) is 64.6 cm³/mol. The summed E-state index contributed by atoms with van der Waals surface area (Å²) in [7, 11) is -4.40. The van der Waals surface area contributed by atoms with Gasteiger partial charge in [-0.05, 0) is 30.0 Å². The minimum absolute atomic E-state index is 0.117. The topological polar surface area (TPSA) is 101 Å². The fourth-order valence-corrected chi connectivity index (χ4v) is 2.55. The van der Waals surface area contributed by atoms with Crippen molar-refractivity contribution in [3.05, 3.63) is 29.8 Å². The highest BCUT2D eigenvalue weighted by atomic mass is 32.2. The van der Waals surface area contributed by atoms with Crippen LogP contribution in [0.5, 0.6) is 5.75 Å². The van der Waals surface area contributed by atoms with E-state index in [0.29, 0.717) is 10.9 Å². The minimum Gasteiger partial charge on any atom is -0.507 e. The normalized spacial score (nSPS) is 11.9. The molecule has 90 valence electrons. The number of phenols is 1. The van der Waals surface area contributed by atoms with Crippen molar-refractivity contribution in [3.63, 3.8) is 0 Å². The minimum atomic E-state index is -4.40.